The molecule has 2 fully saturated rings. The van der Waals surface area contributed by atoms with Crippen LogP contribution in [-0.4, -0.2) is 35.1 Å². The van der Waals surface area contributed by atoms with Crippen molar-refractivity contribution in [3.8, 4) is 0 Å². The lowest BCUT2D eigenvalue weighted by molar-refractivity contribution is 0.376. The Bertz CT molecular complexity index is 454. The van der Waals surface area contributed by atoms with Gasteiger partial charge < -0.3 is 10.2 Å². The van der Waals surface area contributed by atoms with Crippen molar-refractivity contribution in [3.05, 3.63) is 17.6 Å². The third-order valence-electron chi connectivity index (χ3n) is 4.65. The van der Waals surface area contributed by atoms with Gasteiger partial charge in [0.25, 0.3) is 0 Å². The summed E-state index contributed by atoms with van der Waals surface area (Å²) in [6.45, 7) is 6.49. The molecule has 2 aliphatic heterocycles. The number of aromatic nitrogens is 2. The fraction of sp³-hybridized carbons (Fsp3) is 0.750. The van der Waals surface area contributed by atoms with Gasteiger partial charge in [-0.15, -0.1) is 0 Å². The Balaban J connectivity index is 1.86. The highest BCUT2D eigenvalue weighted by molar-refractivity contribution is 5.42. The minimum Gasteiger partial charge on any atom is -0.352 e. The lowest BCUT2D eigenvalue weighted by Crippen LogP contribution is -2.50. The average Bonchev–Trinajstić information content (AvgIpc) is 3.00. The number of hydrogen-bond acceptors (Lipinski definition) is 4. The van der Waals surface area contributed by atoms with Crippen LogP contribution in [0.3, 0.4) is 0 Å². The van der Waals surface area contributed by atoms with Crippen molar-refractivity contribution in [3.63, 3.8) is 0 Å². The molecule has 2 saturated heterocycles. The van der Waals surface area contributed by atoms with E-state index in [1.165, 1.54) is 38.6 Å². The fourth-order valence-corrected chi connectivity index (χ4v) is 3.64. The predicted molar refractivity (Wildman–Crippen MR) is 82.2 cm³/mol. The van der Waals surface area contributed by atoms with Gasteiger partial charge in [0, 0.05) is 30.4 Å². The van der Waals surface area contributed by atoms with Gasteiger partial charge in [-0.1, -0.05) is 6.92 Å². The van der Waals surface area contributed by atoms with E-state index in [0.29, 0.717) is 12.1 Å². The molecule has 0 bridgehead atoms. The first-order valence-corrected chi connectivity index (χ1v) is 8.12. The number of nitrogens with one attached hydrogen (secondary N) is 1. The van der Waals surface area contributed by atoms with Crippen molar-refractivity contribution in [2.24, 2.45) is 0 Å². The summed E-state index contributed by atoms with van der Waals surface area (Å²) >= 11 is 0. The minimum absolute atomic E-state index is 0.616. The highest BCUT2D eigenvalue weighted by Gasteiger charge is 2.32. The van der Waals surface area contributed by atoms with Crippen molar-refractivity contribution in [2.75, 3.05) is 18.0 Å². The van der Waals surface area contributed by atoms with Gasteiger partial charge in [0.1, 0.15) is 11.6 Å². The van der Waals surface area contributed by atoms with Crippen LogP contribution in [-0.2, 0) is 6.42 Å². The summed E-state index contributed by atoms with van der Waals surface area (Å²) in [5.74, 6) is 2.05. The monoisotopic (exact) mass is 274 g/mol. The van der Waals surface area contributed by atoms with Gasteiger partial charge in [-0.2, -0.15) is 0 Å². The maximum absolute atomic E-state index is 4.71. The fourth-order valence-electron chi connectivity index (χ4n) is 3.64. The smallest absolute Gasteiger partial charge is 0.132 e. The largest absolute Gasteiger partial charge is 0.352 e. The first-order valence-electron chi connectivity index (χ1n) is 8.12. The van der Waals surface area contributed by atoms with E-state index in [1.54, 1.807) is 0 Å². The van der Waals surface area contributed by atoms with Crippen molar-refractivity contribution in [1.29, 1.82) is 0 Å². The zero-order chi connectivity index (χ0) is 13.9. The maximum Gasteiger partial charge on any atom is 0.132 e. The van der Waals surface area contributed by atoms with E-state index in [9.17, 15) is 0 Å². The van der Waals surface area contributed by atoms with Crippen LogP contribution >= 0.6 is 0 Å². The number of anilines is 1. The van der Waals surface area contributed by atoms with Crippen molar-refractivity contribution >= 4 is 5.82 Å². The molecule has 3 rings (SSSR count). The predicted octanol–water partition coefficient (Wildman–Crippen LogP) is 2.46. The molecule has 0 radical (unpaired) electrons. The lowest BCUT2D eigenvalue weighted by atomic mass is 9.94. The second-order valence-corrected chi connectivity index (χ2v) is 6.08. The molecular formula is C16H26N4. The SMILES string of the molecule is CCc1cc(N2CCCCC2C2CCCN2)nc(C)n1. The molecule has 2 aliphatic rings. The van der Waals surface area contributed by atoms with Crippen LogP contribution < -0.4 is 10.2 Å². The molecular weight excluding hydrogens is 248 g/mol. The van der Waals surface area contributed by atoms with E-state index in [4.69, 9.17) is 4.98 Å². The zero-order valence-electron chi connectivity index (χ0n) is 12.7. The van der Waals surface area contributed by atoms with Crippen LogP contribution in [0.5, 0.6) is 0 Å². The molecule has 0 aromatic carbocycles. The molecule has 110 valence electrons. The van der Waals surface area contributed by atoms with Gasteiger partial charge in [0.05, 0.1) is 0 Å². The first-order chi connectivity index (χ1) is 9.78. The molecule has 3 heterocycles. The Hall–Kier alpha value is -1.16. The normalized spacial score (nSPS) is 27.0. The molecule has 0 aliphatic carbocycles. The topological polar surface area (TPSA) is 41.0 Å². The van der Waals surface area contributed by atoms with E-state index in [-0.39, 0.29) is 0 Å². The van der Waals surface area contributed by atoms with Crippen molar-refractivity contribution < 1.29 is 0 Å². The van der Waals surface area contributed by atoms with Crippen molar-refractivity contribution in [2.45, 2.75) is 64.5 Å². The molecule has 1 aromatic heterocycles. The Morgan fingerprint density at radius 2 is 2.15 bits per heavy atom. The first kappa shape index (κ1) is 13.8. The molecule has 1 N–H and O–H groups in total. The highest BCUT2D eigenvalue weighted by atomic mass is 15.3. The summed E-state index contributed by atoms with van der Waals surface area (Å²) in [5, 5.41) is 3.68. The Kier molecular flexibility index (Phi) is 4.20. The summed E-state index contributed by atoms with van der Waals surface area (Å²) < 4.78 is 0. The molecule has 0 amide bonds. The van der Waals surface area contributed by atoms with Crippen LogP contribution in [0.15, 0.2) is 6.07 Å². The minimum atomic E-state index is 0.616. The molecule has 1 aromatic rings. The van der Waals surface area contributed by atoms with Gasteiger partial charge in [-0.3, -0.25) is 0 Å². The quantitative estimate of drug-likeness (QED) is 0.919. The van der Waals surface area contributed by atoms with E-state index in [2.05, 4.69) is 28.2 Å². The second-order valence-electron chi connectivity index (χ2n) is 6.08. The number of nitrogens with zero attached hydrogens (tertiary/aromatic N) is 3. The van der Waals surface area contributed by atoms with Crippen LogP contribution in [0.25, 0.3) is 0 Å². The lowest BCUT2D eigenvalue weighted by Gasteiger charge is -2.40. The van der Waals surface area contributed by atoms with E-state index >= 15 is 0 Å². The molecule has 0 saturated carbocycles. The molecule has 4 nitrogen and oxygen atoms in total. The summed E-state index contributed by atoms with van der Waals surface area (Å²) in [5.41, 5.74) is 1.16. The Morgan fingerprint density at radius 1 is 1.25 bits per heavy atom. The molecule has 0 spiro atoms. The van der Waals surface area contributed by atoms with E-state index < -0.39 is 0 Å². The maximum atomic E-state index is 4.71. The van der Waals surface area contributed by atoms with Gasteiger partial charge in [0.2, 0.25) is 0 Å². The number of hydrogen-bond donors (Lipinski definition) is 1. The number of aryl methyl sites for hydroxylation is 2. The van der Waals surface area contributed by atoms with Crippen LogP contribution in [0.1, 0.15) is 50.5 Å². The second kappa shape index (κ2) is 6.08. The Labute approximate surface area is 122 Å². The third-order valence-corrected chi connectivity index (χ3v) is 4.65. The molecule has 4 heteroatoms. The van der Waals surface area contributed by atoms with Crippen LogP contribution in [0.4, 0.5) is 5.82 Å². The molecule has 20 heavy (non-hydrogen) atoms. The van der Waals surface area contributed by atoms with Gasteiger partial charge in [0.15, 0.2) is 0 Å². The van der Waals surface area contributed by atoms with Crippen LogP contribution in [0.2, 0.25) is 0 Å². The third kappa shape index (κ3) is 2.80. The van der Waals surface area contributed by atoms with Crippen LogP contribution in [0, 0.1) is 6.92 Å². The van der Waals surface area contributed by atoms with Gasteiger partial charge in [-0.05, 0) is 52.0 Å². The number of piperidine rings is 1. The Morgan fingerprint density at radius 3 is 2.90 bits per heavy atom. The summed E-state index contributed by atoms with van der Waals surface area (Å²) in [6.07, 6.45) is 7.54. The summed E-state index contributed by atoms with van der Waals surface area (Å²) in [7, 11) is 0. The van der Waals surface area contributed by atoms with Gasteiger partial charge in [-0.25, -0.2) is 9.97 Å². The van der Waals surface area contributed by atoms with Gasteiger partial charge >= 0.3 is 0 Å². The van der Waals surface area contributed by atoms with Crippen molar-refractivity contribution in [1.82, 2.24) is 15.3 Å². The summed E-state index contributed by atoms with van der Waals surface area (Å²) in [4.78, 5) is 11.8. The standard InChI is InChI=1S/C16H26N4/c1-3-13-11-16(19-12(2)18-13)20-10-5-4-8-15(20)14-7-6-9-17-14/h11,14-15,17H,3-10H2,1-2H3. The van der Waals surface area contributed by atoms with E-state index in [1.807, 2.05) is 6.92 Å². The molecule has 2 atom stereocenters. The number of rotatable bonds is 3. The molecule has 2 unspecified atom stereocenters. The average molecular weight is 274 g/mol. The highest BCUT2D eigenvalue weighted by Crippen LogP contribution is 2.28. The van der Waals surface area contributed by atoms with E-state index in [0.717, 1.165) is 30.3 Å². The zero-order valence-corrected chi connectivity index (χ0v) is 12.7. The summed E-state index contributed by atoms with van der Waals surface area (Å²) in [6, 6.07) is 3.46.